The molecule has 1 aromatic rings. The van der Waals surface area contributed by atoms with Crippen molar-refractivity contribution in [3.05, 3.63) is 40.4 Å². The Hall–Kier alpha value is -1.13. The molecule has 0 radical (unpaired) electrons. The third kappa shape index (κ3) is 3.40. The lowest BCUT2D eigenvalue weighted by atomic mass is 10.2. The summed E-state index contributed by atoms with van der Waals surface area (Å²) in [6, 6.07) is 7.45. The van der Waals surface area contributed by atoms with Gasteiger partial charge in [-0.2, -0.15) is 0 Å². The van der Waals surface area contributed by atoms with Crippen molar-refractivity contribution in [2.24, 2.45) is 0 Å². The third-order valence-corrected chi connectivity index (χ3v) is 1.94. The lowest BCUT2D eigenvalue weighted by Gasteiger charge is -1.93. The highest BCUT2D eigenvalue weighted by Gasteiger charge is 1.90. The summed E-state index contributed by atoms with van der Waals surface area (Å²) in [5.41, 5.74) is 2.41. The normalized spacial score (nSPS) is 10.3. The first kappa shape index (κ1) is 9.95. The molecular formula is C9H8BrNO2. The molecule has 4 heteroatoms. The predicted octanol–water partition coefficient (Wildman–Crippen LogP) is 1.97. The SMILES string of the molecule is O=C(/C=C/c1ccc(Br)cc1)NO. The molecule has 1 amide bonds. The van der Waals surface area contributed by atoms with Gasteiger partial charge in [-0.3, -0.25) is 10.0 Å². The molecule has 0 spiro atoms. The lowest BCUT2D eigenvalue weighted by Crippen LogP contribution is -2.14. The summed E-state index contributed by atoms with van der Waals surface area (Å²) < 4.78 is 0.983. The van der Waals surface area contributed by atoms with E-state index in [0.717, 1.165) is 10.0 Å². The fraction of sp³-hybridized carbons (Fsp3) is 0. The molecule has 0 aliphatic rings. The molecule has 0 atom stereocenters. The summed E-state index contributed by atoms with van der Waals surface area (Å²) in [5.74, 6) is -0.539. The number of benzene rings is 1. The molecular weight excluding hydrogens is 234 g/mol. The van der Waals surface area contributed by atoms with Crippen molar-refractivity contribution in [2.45, 2.75) is 0 Å². The van der Waals surface area contributed by atoms with Gasteiger partial charge in [-0.1, -0.05) is 28.1 Å². The monoisotopic (exact) mass is 241 g/mol. The summed E-state index contributed by atoms with van der Waals surface area (Å²) in [6.45, 7) is 0. The molecule has 3 nitrogen and oxygen atoms in total. The second-order valence-corrected chi connectivity index (χ2v) is 3.28. The average molecular weight is 242 g/mol. The van der Waals surface area contributed by atoms with Gasteiger partial charge in [0.2, 0.25) is 0 Å². The van der Waals surface area contributed by atoms with Crippen LogP contribution < -0.4 is 5.48 Å². The highest BCUT2D eigenvalue weighted by atomic mass is 79.9. The number of carbonyl (C=O) groups excluding carboxylic acids is 1. The maximum atomic E-state index is 10.6. The van der Waals surface area contributed by atoms with Crippen LogP contribution in [-0.4, -0.2) is 11.1 Å². The lowest BCUT2D eigenvalue weighted by molar-refractivity contribution is -0.124. The molecule has 0 saturated heterocycles. The van der Waals surface area contributed by atoms with E-state index in [1.807, 2.05) is 24.3 Å². The fourth-order valence-electron chi connectivity index (χ4n) is 0.783. The highest BCUT2D eigenvalue weighted by Crippen LogP contribution is 2.11. The van der Waals surface area contributed by atoms with Crippen LogP contribution in [0.2, 0.25) is 0 Å². The topological polar surface area (TPSA) is 49.3 Å². The van der Waals surface area contributed by atoms with Crippen LogP contribution in [0.4, 0.5) is 0 Å². The van der Waals surface area contributed by atoms with Crippen molar-refractivity contribution < 1.29 is 10.0 Å². The molecule has 0 bridgehead atoms. The second-order valence-electron chi connectivity index (χ2n) is 2.36. The van der Waals surface area contributed by atoms with Gasteiger partial charge in [0, 0.05) is 10.5 Å². The van der Waals surface area contributed by atoms with Gasteiger partial charge in [0.1, 0.15) is 0 Å². The van der Waals surface area contributed by atoms with Gasteiger partial charge in [-0.05, 0) is 23.8 Å². The Kier molecular flexibility index (Phi) is 3.67. The molecule has 0 unspecified atom stereocenters. The van der Waals surface area contributed by atoms with Crippen LogP contribution in [0.15, 0.2) is 34.8 Å². The highest BCUT2D eigenvalue weighted by molar-refractivity contribution is 9.10. The molecule has 68 valence electrons. The molecule has 0 aliphatic carbocycles. The van der Waals surface area contributed by atoms with Gasteiger partial charge in [0.25, 0.3) is 5.91 Å². The minimum atomic E-state index is -0.539. The van der Waals surface area contributed by atoms with Crippen molar-refractivity contribution in [1.29, 1.82) is 0 Å². The summed E-state index contributed by atoms with van der Waals surface area (Å²) >= 11 is 3.30. The van der Waals surface area contributed by atoms with Gasteiger partial charge >= 0.3 is 0 Å². The van der Waals surface area contributed by atoms with Crippen LogP contribution in [0, 0.1) is 0 Å². The Bertz CT molecular complexity index is 319. The number of carbonyl (C=O) groups is 1. The molecule has 0 aromatic heterocycles. The van der Waals surface area contributed by atoms with E-state index in [4.69, 9.17) is 5.21 Å². The summed E-state index contributed by atoms with van der Waals surface area (Å²) in [6.07, 6.45) is 2.86. The summed E-state index contributed by atoms with van der Waals surface area (Å²) in [5, 5.41) is 8.20. The smallest absolute Gasteiger partial charge is 0.267 e. The van der Waals surface area contributed by atoms with Gasteiger partial charge in [0.15, 0.2) is 0 Å². The Morgan fingerprint density at radius 3 is 2.54 bits per heavy atom. The van der Waals surface area contributed by atoms with Crippen LogP contribution >= 0.6 is 15.9 Å². The minimum absolute atomic E-state index is 0.539. The zero-order valence-corrected chi connectivity index (χ0v) is 8.28. The quantitative estimate of drug-likeness (QED) is 0.473. The van der Waals surface area contributed by atoms with Crippen molar-refractivity contribution in [3.8, 4) is 0 Å². The standard InChI is InChI=1S/C9H8BrNO2/c10-8-4-1-7(2-5-8)3-6-9(12)11-13/h1-6,13H,(H,11,12)/b6-3+. The summed E-state index contributed by atoms with van der Waals surface area (Å²) in [4.78, 5) is 10.6. The van der Waals surface area contributed by atoms with Gasteiger partial charge < -0.3 is 0 Å². The third-order valence-electron chi connectivity index (χ3n) is 1.41. The Labute approximate surface area is 84.2 Å². The Morgan fingerprint density at radius 1 is 1.38 bits per heavy atom. The van der Waals surface area contributed by atoms with Crippen molar-refractivity contribution in [3.63, 3.8) is 0 Å². The zero-order valence-electron chi connectivity index (χ0n) is 6.70. The number of hydrogen-bond donors (Lipinski definition) is 2. The molecule has 0 fully saturated rings. The average Bonchev–Trinajstić information content (AvgIpc) is 2.16. The van der Waals surface area contributed by atoms with Gasteiger partial charge in [-0.25, -0.2) is 5.48 Å². The van der Waals surface area contributed by atoms with E-state index in [9.17, 15) is 4.79 Å². The van der Waals surface area contributed by atoms with E-state index in [-0.39, 0.29) is 0 Å². The van der Waals surface area contributed by atoms with E-state index in [2.05, 4.69) is 15.9 Å². The molecule has 2 N–H and O–H groups in total. The Balaban J connectivity index is 2.69. The van der Waals surface area contributed by atoms with Gasteiger partial charge in [0.05, 0.1) is 0 Å². The van der Waals surface area contributed by atoms with Crippen LogP contribution in [0.3, 0.4) is 0 Å². The van der Waals surface area contributed by atoms with Gasteiger partial charge in [-0.15, -0.1) is 0 Å². The number of halogens is 1. The van der Waals surface area contributed by atoms with Crippen LogP contribution in [0.1, 0.15) is 5.56 Å². The minimum Gasteiger partial charge on any atom is -0.288 e. The number of amides is 1. The molecule has 0 heterocycles. The first-order valence-corrected chi connectivity index (χ1v) is 4.39. The van der Waals surface area contributed by atoms with Crippen LogP contribution in [0.5, 0.6) is 0 Å². The van der Waals surface area contributed by atoms with Crippen LogP contribution in [0.25, 0.3) is 6.08 Å². The molecule has 0 aliphatic heterocycles. The van der Waals surface area contributed by atoms with Crippen LogP contribution in [-0.2, 0) is 4.79 Å². The summed E-state index contributed by atoms with van der Waals surface area (Å²) in [7, 11) is 0. The second kappa shape index (κ2) is 4.79. The zero-order chi connectivity index (χ0) is 9.68. The largest absolute Gasteiger partial charge is 0.288 e. The Morgan fingerprint density at radius 2 is 2.00 bits per heavy atom. The molecule has 1 aromatic carbocycles. The molecule has 0 saturated carbocycles. The van der Waals surface area contributed by atoms with Crippen molar-refractivity contribution in [2.75, 3.05) is 0 Å². The maximum absolute atomic E-state index is 10.6. The van der Waals surface area contributed by atoms with E-state index in [0.29, 0.717) is 0 Å². The predicted molar refractivity (Wildman–Crippen MR) is 53.1 cm³/mol. The van der Waals surface area contributed by atoms with Crippen molar-refractivity contribution in [1.82, 2.24) is 5.48 Å². The molecule has 1 rings (SSSR count). The van der Waals surface area contributed by atoms with E-state index in [1.54, 1.807) is 6.08 Å². The first-order chi connectivity index (χ1) is 6.22. The maximum Gasteiger partial charge on any atom is 0.267 e. The number of rotatable bonds is 2. The van der Waals surface area contributed by atoms with E-state index < -0.39 is 5.91 Å². The number of nitrogens with one attached hydrogen (secondary N) is 1. The van der Waals surface area contributed by atoms with Crippen molar-refractivity contribution >= 4 is 27.9 Å². The number of hydrogen-bond acceptors (Lipinski definition) is 2. The first-order valence-electron chi connectivity index (χ1n) is 3.60. The fourth-order valence-corrected chi connectivity index (χ4v) is 1.05. The van der Waals surface area contributed by atoms with E-state index >= 15 is 0 Å². The molecule has 13 heavy (non-hydrogen) atoms. The van der Waals surface area contributed by atoms with E-state index in [1.165, 1.54) is 11.6 Å². The number of hydroxylamine groups is 1.